The van der Waals surface area contributed by atoms with Gasteiger partial charge in [-0.2, -0.15) is 0 Å². The third-order valence-corrected chi connectivity index (χ3v) is 4.19. The zero-order valence-corrected chi connectivity index (χ0v) is 11.7. The number of alkyl carbamates (subject to hydrolysis) is 1. The van der Waals surface area contributed by atoms with Crippen LogP contribution in [0.2, 0.25) is 0 Å². The highest BCUT2D eigenvalue weighted by atomic mass is 16.6. The molecule has 0 aromatic heterocycles. The second-order valence-electron chi connectivity index (χ2n) is 5.48. The van der Waals surface area contributed by atoms with Gasteiger partial charge in [0.25, 0.3) is 0 Å². The highest BCUT2D eigenvalue weighted by Crippen LogP contribution is 2.33. The van der Waals surface area contributed by atoms with Crippen molar-refractivity contribution in [1.29, 1.82) is 0 Å². The molecular formula is C14H23NO4. The summed E-state index contributed by atoms with van der Waals surface area (Å²) < 4.78 is 10.3. The van der Waals surface area contributed by atoms with Gasteiger partial charge in [0.1, 0.15) is 6.10 Å². The van der Waals surface area contributed by atoms with Gasteiger partial charge in [0.15, 0.2) is 0 Å². The van der Waals surface area contributed by atoms with E-state index < -0.39 is 18.1 Å². The third kappa shape index (κ3) is 3.19. The van der Waals surface area contributed by atoms with Crippen LogP contribution >= 0.6 is 0 Å². The van der Waals surface area contributed by atoms with Gasteiger partial charge in [0.05, 0.1) is 18.6 Å². The second kappa shape index (κ2) is 6.26. The molecule has 1 aliphatic carbocycles. The van der Waals surface area contributed by atoms with E-state index in [1.165, 1.54) is 19.3 Å². The van der Waals surface area contributed by atoms with Crippen LogP contribution in [0.4, 0.5) is 4.79 Å². The summed E-state index contributed by atoms with van der Waals surface area (Å²) in [6, 6.07) is -0.0489. The lowest BCUT2D eigenvalue weighted by atomic mass is 9.79. The first-order chi connectivity index (χ1) is 9.13. The van der Waals surface area contributed by atoms with E-state index in [2.05, 4.69) is 5.32 Å². The molecule has 1 heterocycles. The van der Waals surface area contributed by atoms with Crippen LogP contribution in [0.3, 0.4) is 0 Å². The number of esters is 1. The molecule has 0 spiro atoms. The molecule has 1 saturated heterocycles. The monoisotopic (exact) mass is 269 g/mol. The molecule has 0 aromatic carbocycles. The maximum atomic E-state index is 11.8. The first-order valence-electron chi connectivity index (χ1n) is 7.27. The molecule has 1 saturated carbocycles. The van der Waals surface area contributed by atoms with E-state index in [0.29, 0.717) is 12.5 Å². The molecule has 108 valence electrons. The predicted octanol–water partition coefficient (Wildman–Crippen LogP) is 2.24. The summed E-state index contributed by atoms with van der Waals surface area (Å²) in [6.45, 7) is 3.91. The summed E-state index contributed by atoms with van der Waals surface area (Å²) in [5, 5.41) is 2.88. The molecule has 2 aliphatic rings. The molecule has 1 N–H and O–H groups in total. The van der Waals surface area contributed by atoms with E-state index in [4.69, 9.17) is 9.47 Å². The van der Waals surface area contributed by atoms with E-state index in [1.54, 1.807) is 13.8 Å². The van der Waals surface area contributed by atoms with E-state index in [1.807, 2.05) is 0 Å². The zero-order chi connectivity index (χ0) is 13.8. The summed E-state index contributed by atoms with van der Waals surface area (Å²) in [5.41, 5.74) is 0. The fourth-order valence-corrected chi connectivity index (χ4v) is 3.15. The van der Waals surface area contributed by atoms with Crippen molar-refractivity contribution in [3.8, 4) is 0 Å². The fraction of sp³-hybridized carbons (Fsp3) is 0.857. The minimum atomic E-state index is -0.411. The van der Waals surface area contributed by atoms with Crippen LogP contribution in [0.15, 0.2) is 0 Å². The van der Waals surface area contributed by atoms with Gasteiger partial charge in [-0.25, -0.2) is 4.79 Å². The van der Waals surface area contributed by atoms with Crippen LogP contribution < -0.4 is 5.32 Å². The van der Waals surface area contributed by atoms with Crippen LogP contribution in [0.5, 0.6) is 0 Å². The first kappa shape index (κ1) is 14.2. The molecule has 2 rings (SSSR count). The lowest BCUT2D eigenvalue weighted by molar-refractivity contribution is -0.151. The molecule has 0 radical (unpaired) electrons. The van der Waals surface area contributed by atoms with Gasteiger partial charge in [-0.05, 0) is 32.6 Å². The average molecular weight is 269 g/mol. The van der Waals surface area contributed by atoms with Gasteiger partial charge in [-0.1, -0.05) is 19.3 Å². The van der Waals surface area contributed by atoms with Gasteiger partial charge < -0.3 is 14.8 Å². The first-order valence-corrected chi connectivity index (χ1v) is 7.27. The normalized spacial score (nSPS) is 29.5. The Labute approximate surface area is 114 Å². The summed E-state index contributed by atoms with van der Waals surface area (Å²) in [5.74, 6) is -0.280. The summed E-state index contributed by atoms with van der Waals surface area (Å²) in [4.78, 5) is 23.3. The smallest absolute Gasteiger partial charge is 0.407 e. The maximum absolute atomic E-state index is 11.8. The van der Waals surface area contributed by atoms with Crippen molar-refractivity contribution in [2.75, 3.05) is 6.61 Å². The number of nitrogens with one attached hydrogen (secondary N) is 1. The van der Waals surface area contributed by atoms with Crippen molar-refractivity contribution in [3.05, 3.63) is 0 Å². The van der Waals surface area contributed by atoms with Crippen molar-refractivity contribution in [2.24, 2.45) is 11.8 Å². The topological polar surface area (TPSA) is 64.6 Å². The number of hydrogen-bond acceptors (Lipinski definition) is 4. The summed E-state index contributed by atoms with van der Waals surface area (Å²) >= 11 is 0. The molecule has 5 heteroatoms. The third-order valence-electron chi connectivity index (χ3n) is 4.19. The molecule has 1 amide bonds. The van der Waals surface area contributed by atoms with Crippen LogP contribution in [-0.2, 0) is 14.3 Å². The van der Waals surface area contributed by atoms with E-state index >= 15 is 0 Å². The largest absolute Gasteiger partial charge is 0.466 e. The van der Waals surface area contributed by atoms with Gasteiger partial charge in [-0.3, -0.25) is 4.79 Å². The number of hydrogen-bond donors (Lipinski definition) is 1. The Kier molecular flexibility index (Phi) is 4.66. The van der Waals surface area contributed by atoms with Crippen LogP contribution in [0.25, 0.3) is 0 Å². The minimum absolute atomic E-state index is 0.0489. The Balaban J connectivity index is 2.03. The van der Waals surface area contributed by atoms with E-state index in [0.717, 1.165) is 12.8 Å². The van der Waals surface area contributed by atoms with Gasteiger partial charge >= 0.3 is 12.1 Å². The van der Waals surface area contributed by atoms with Crippen molar-refractivity contribution >= 4 is 12.1 Å². The lowest BCUT2D eigenvalue weighted by Crippen LogP contribution is -2.44. The summed E-state index contributed by atoms with van der Waals surface area (Å²) in [6.07, 6.45) is 5.04. The Hall–Kier alpha value is -1.26. The Morgan fingerprint density at radius 3 is 2.74 bits per heavy atom. The molecule has 1 aliphatic heterocycles. The molecular weight excluding hydrogens is 246 g/mol. The lowest BCUT2D eigenvalue weighted by Gasteiger charge is -2.31. The number of carbonyl (C=O) groups is 2. The Bertz CT molecular complexity index is 338. The minimum Gasteiger partial charge on any atom is -0.466 e. The quantitative estimate of drug-likeness (QED) is 0.795. The molecule has 0 aromatic rings. The highest BCUT2D eigenvalue weighted by Gasteiger charge is 2.44. The molecule has 3 atom stereocenters. The second-order valence-corrected chi connectivity index (χ2v) is 5.48. The molecule has 0 unspecified atom stereocenters. The number of cyclic esters (lactones) is 1. The van der Waals surface area contributed by atoms with Crippen LogP contribution in [0, 0.1) is 11.8 Å². The average Bonchev–Trinajstić information content (AvgIpc) is 2.81. The van der Waals surface area contributed by atoms with Crippen molar-refractivity contribution in [1.82, 2.24) is 5.32 Å². The Morgan fingerprint density at radius 2 is 2.11 bits per heavy atom. The van der Waals surface area contributed by atoms with Gasteiger partial charge in [-0.15, -0.1) is 0 Å². The number of carbonyl (C=O) groups excluding carboxylic acids is 2. The molecule has 5 nitrogen and oxygen atoms in total. The number of ether oxygens (including phenoxy) is 2. The highest BCUT2D eigenvalue weighted by molar-refractivity contribution is 5.76. The SMILES string of the molecule is CCOC(=O)[C@H](C)[C@@H]1OC(=O)N[C@H]1C1CCCCC1. The standard InChI is InChI=1S/C14H23NO4/c1-3-18-13(16)9(2)12-11(15-14(17)19-12)10-7-5-4-6-8-10/h9-12H,3-8H2,1-2H3,(H,15,17)/t9-,11+,12+/m1/s1. The maximum Gasteiger partial charge on any atom is 0.407 e. The zero-order valence-electron chi connectivity index (χ0n) is 11.7. The van der Waals surface area contributed by atoms with Crippen LogP contribution in [0.1, 0.15) is 46.0 Å². The predicted molar refractivity (Wildman–Crippen MR) is 69.6 cm³/mol. The fourth-order valence-electron chi connectivity index (χ4n) is 3.15. The van der Waals surface area contributed by atoms with E-state index in [-0.39, 0.29) is 12.0 Å². The van der Waals surface area contributed by atoms with Gasteiger partial charge in [0.2, 0.25) is 0 Å². The molecule has 2 fully saturated rings. The van der Waals surface area contributed by atoms with Crippen LogP contribution in [-0.4, -0.2) is 30.8 Å². The van der Waals surface area contributed by atoms with Crippen molar-refractivity contribution < 1.29 is 19.1 Å². The number of rotatable bonds is 4. The van der Waals surface area contributed by atoms with E-state index in [9.17, 15) is 9.59 Å². The molecule has 19 heavy (non-hydrogen) atoms. The number of amides is 1. The van der Waals surface area contributed by atoms with Crippen molar-refractivity contribution in [2.45, 2.75) is 58.1 Å². The summed E-state index contributed by atoms with van der Waals surface area (Å²) in [7, 11) is 0. The molecule has 0 bridgehead atoms. The Morgan fingerprint density at radius 1 is 1.42 bits per heavy atom. The van der Waals surface area contributed by atoms with Crippen molar-refractivity contribution in [3.63, 3.8) is 0 Å². The van der Waals surface area contributed by atoms with Gasteiger partial charge in [0, 0.05) is 0 Å².